The van der Waals surface area contributed by atoms with E-state index in [0.29, 0.717) is 0 Å². The summed E-state index contributed by atoms with van der Waals surface area (Å²) < 4.78 is 6.22. The van der Waals surface area contributed by atoms with E-state index in [2.05, 4.69) is 64.2 Å². The van der Waals surface area contributed by atoms with Gasteiger partial charge >= 0.3 is 0 Å². The van der Waals surface area contributed by atoms with Gasteiger partial charge in [0, 0.05) is 6.61 Å². The molecule has 1 N–H and O–H groups in total. The van der Waals surface area contributed by atoms with Crippen LogP contribution in [0.3, 0.4) is 0 Å². The minimum Gasteiger partial charge on any atom is -0.373 e. The van der Waals surface area contributed by atoms with Gasteiger partial charge in [0.25, 0.3) is 0 Å². The molecule has 1 aromatic carbocycles. The van der Waals surface area contributed by atoms with Gasteiger partial charge in [-0.2, -0.15) is 0 Å². The van der Waals surface area contributed by atoms with Gasteiger partial charge in [-0.1, -0.05) is 50.6 Å². The van der Waals surface area contributed by atoms with E-state index in [-0.39, 0.29) is 11.6 Å². The molecule has 0 saturated heterocycles. The van der Waals surface area contributed by atoms with Crippen molar-refractivity contribution in [1.29, 1.82) is 0 Å². The highest BCUT2D eigenvalue weighted by molar-refractivity contribution is 5.27. The van der Waals surface area contributed by atoms with Crippen LogP contribution in [0.15, 0.2) is 24.3 Å². The summed E-state index contributed by atoms with van der Waals surface area (Å²) in [6.45, 7) is 12.7. The fourth-order valence-corrected chi connectivity index (χ4v) is 2.98. The van der Waals surface area contributed by atoms with Crippen molar-refractivity contribution in [1.82, 2.24) is 5.32 Å². The minimum atomic E-state index is -0.113. The second-order valence-electron chi connectivity index (χ2n) is 5.51. The third kappa shape index (κ3) is 4.07. The first-order chi connectivity index (χ1) is 9.63. The largest absolute Gasteiger partial charge is 0.373 e. The van der Waals surface area contributed by atoms with E-state index in [1.54, 1.807) is 0 Å². The van der Waals surface area contributed by atoms with Crippen LogP contribution in [0.5, 0.6) is 0 Å². The molecule has 0 fully saturated rings. The van der Waals surface area contributed by atoms with Crippen molar-refractivity contribution < 1.29 is 4.74 Å². The van der Waals surface area contributed by atoms with Crippen LogP contribution in [-0.4, -0.2) is 18.8 Å². The zero-order valence-corrected chi connectivity index (χ0v) is 13.8. The summed E-state index contributed by atoms with van der Waals surface area (Å²) in [7, 11) is 0. The number of ether oxygens (including phenoxy) is 1. The number of hydrogen-bond acceptors (Lipinski definition) is 2. The van der Waals surface area contributed by atoms with Gasteiger partial charge in [-0.3, -0.25) is 0 Å². The van der Waals surface area contributed by atoms with Crippen molar-refractivity contribution in [3.8, 4) is 0 Å². The summed E-state index contributed by atoms with van der Waals surface area (Å²) in [5.74, 6) is 0. The van der Waals surface area contributed by atoms with Crippen molar-refractivity contribution in [3.63, 3.8) is 0 Å². The average Bonchev–Trinajstić information content (AvgIpc) is 2.46. The molecule has 1 aromatic rings. The van der Waals surface area contributed by atoms with E-state index < -0.39 is 0 Å². The lowest BCUT2D eigenvalue weighted by Crippen LogP contribution is -2.45. The van der Waals surface area contributed by atoms with Crippen molar-refractivity contribution in [2.75, 3.05) is 13.2 Å². The molecule has 0 aliphatic rings. The first-order valence-electron chi connectivity index (χ1n) is 8.07. The molecule has 1 atom stereocenters. The maximum Gasteiger partial charge on any atom is 0.0870 e. The Hall–Kier alpha value is -0.860. The first kappa shape index (κ1) is 17.2. The average molecular weight is 277 g/mol. The fraction of sp³-hybridized carbons (Fsp3) is 0.667. The molecule has 0 amide bonds. The molecule has 2 nitrogen and oxygen atoms in total. The van der Waals surface area contributed by atoms with Crippen molar-refractivity contribution in [3.05, 3.63) is 35.4 Å². The van der Waals surface area contributed by atoms with Crippen LogP contribution in [-0.2, 0) is 4.74 Å². The number of hydrogen-bond donors (Lipinski definition) is 1. The molecule has 1 rings (SSSR count). The first-order valence-corrected chi connectivity index (χ1v) is 8.07. The quantitative estimate of drug-likeness (QED) is 0.710. The monoisotopic (exact) mass is 277 g/mol. The molecule has 0 aromatic heterocycles. The number of rotatable bonds is 9. The molecule has 0 radical (unpaired) electrons. The third-order valence-electron chi connectivity index (χ3n) is 4.13. The van der Waals surface area contributed by atoms with E-state index in [9.17, 15) is 0 Å². The lowest BCUT2D eigenvalue weighted by Gasteiger charge is -2.40. The minimum absolute atomic E-state index is 0.113. The van der Waals surface area contributed by atoms with Gasteiger partial charge in [0.15, 0.2) is 0 Å². The Bertz CT molecular complexity index is 385. The van der Waals surface area contributed by atoms with Crippen LogP contribution in [0, 0.1) is 6.92 Å². The van der Waals surface area contributed by atoms with E-state index in [4.69, 9.17) is 4.74 Å². The summed E-state index contributed by atoms with van der Waals surface area (Å²) in [5, 5.41) is 3.72. The predicted octanol–water partition coefficient (Wildman–Crippen LogP) is 4.63. The molecular formula is C18H31NO. The molecule has 20 heavy (non-hydrogen) atoms. The number of nitrogens with one attached hydrogen (secondary N) is 1. The van der Waals surface area contributed by atoms with E-state index >= 15 is 0 Å². The standard InChI is InChI=1S/C18H31NO/c1-6-13-19-17(16-12-10-11-15(5)14-16)18(7-2,8-3)20-9-4/h10-12,14,17,19H,6-9,13H2,1-5H3. The van der Waals surface area contributed by atoms with E-state index in [1.165, 1.54) is 11.1 Å². The summed E-state index contributed by atoms with van der Waals surface area (Å²) >= 11 is 0. The molecule has 0 aliphatic carbocycles. The molecule has 0 spiro atoms. The molecule has 2 heteroatoms. The highest BCUT2D eigenvalue weighted by Crippen LogP contribution is 2.35. The Morgan fingerprint density at radius 2 is 1.85 bits per heavy atom. The van der Waals surface area contributed by atoms with Crippen LogP contribution in [0.4, 0.5) is 0 Å². The maximum atomic E-state index is 6.22. The van der Waals surface area contributed by atoms with Crippen LogP contribution >= 0.6 is 0 Å². The van der Waals surface area contributed by atoms with E-state index in [1.807, 2.05) is 0 Å². The van der Waals surface area contributed by atoms with Crippen LogP contribution in [0.25, 0.3) is 0 Å². The molecular weight excluding hydrogens is 246 g/mol. The Morgan fingerprint density at radius 1 is 1.15 bits per heavy atom. The Morgan fingerprint density at radius 3 is 2.35 bits per heavy atom. The zero-order valence-electron chi connectivity index (χ0n) is 13.8. The van der Waals surface area contributed by atoms with Gasteiger partial charge < -0.3 is 10.1 Å². The van der Waals surface area contributed by atoms with Gasteiger partial charge in [-0.25, -0.2) is 0 Å². The van der Waals surface area contributed by atoms with Crippen LogP contribution < -0.4 is 5.32 Å². The smallest absolute Gasteiger partial charge is 0.0870 e. The lowest BCUT2D eigenvalue weighted by atomic mass is 9.83. The fourth-order valence-electron chi connectivity index (χ4n) is 2.98. The number of benzene rings is 1. The van der Waals surface area contributed by atoms with Gasteiger partial charge in [0.2, 0.25) is 0 Å². The molecule has 1 unspecified atom stereocenters. The summed E-state index contributed by atoms with van der Waals surface area (Å²) in [6, 6.07) is 9.07. The Balaban J connectivity index is 3.14. The predicted molar refractivity (Wildman–Crippen MR) is 87.2 cm³/mol. The molecule has 0 heterocycles. The van der Waals surface area contributed by atoms with Crippen LogP contribution in [0.1, 0.15) is 64.1 Å². The molecule has 0 saturated carbocycles. The van der Waals surface area contributed by atoms with Crippen molar-refractivity contribution in [2.24, 2.45) is 0 Å². The normalized spacial score (nSPS) is 13.4. The van der Waals surface area contributed by atoms with Crippen molar-refractivity contribution >= 4 is 0 Å². The number of aryl methyl sites for hydroxylation is 1. The second kappa shape index (κ2) is 8.43. The Labute approximate surface area is 124 Å². The van der Waals surface area contributed by atoms with Gasteiger partial charge in [0.1, 0.15) is 0 Å². The SMILES string of the molecule is CCCNC(c1cccc(C)c1)C(CC)(CC)OCC. The third-order valence-corrected chi connectivity index (χ3v) is 4.13. The summed E-state index contributed by atoms with van der Waals surface area (Å²) in [4.78, 5) is 0. The summed E-state index contributed by atoms with van der Waals surface area (Å²) in [6.07, 6.45) is 3.18. The van der Waals surface area contributed by atoms with Gasteiger partial charge in [-0.05, 0) is 45.2 Å². The molecule has 0 bridgehead atoms. The molecule has 0 aliphatic heterocycles. The van der Waals surface area contributed by atoms with Crippen LogP contribution in [0.2, 0.25) is 0 Å². The highest BCUT2D eigenvalue weighted by atomic mass is 16.5. The van der Waals surface area contributed by atoms with E-state index in [0.717, 1.165) is 32.4 Å². The maximum absolute atomic E-state index is 6.22. The molecule has 114 valence electrons. The highest BCUT2D eigenvalue weighted by Gasteiger charge is 2.37. The van der Waals surface area contributed by atoms with Gasteiger partial charge in [0.05, 0.1) is 11.6 Å². The van der Waals surface area contributed by atoms with Crippen molar-refractivity contribution in [2.45, 2.75) is 65.5 Å². The topological polar surface area (TPSA) is 21.3 Å². The van der Waals surface area contributed by atoms with Gasteiger partial charge in [-0.15, -0.1) is 0 Å². The summed E-state index contributed by atoms with van der Waals surface area (Å²) in [5.41, 5.74) is 2.54. The second-order valence-corrected chi connectivity index (χ2v) is 5.51. The zero-order chi connectivity index (χ0) is 15.0. The Kier molecular flexibility index (Phi) is 7.25. The lowest BCUT2D eigenvalue weighted by molar-refractivity contribution is -0.0732.